The number of phosphoric ester groups is 1. The molecule has 2 heterocycles. The van der Waals surface area contributed by atoms with Gasteiger partial charge in [-0.15, -0.1) is 0 Å². The Morgan fingerprint density at radius 2 is 1.61 bits per heavy atom. The zero-order valence-corrected chi connectivity index (χ0v) is 23.8. The van der Waals surface area contributed by atoms with Gasteiger partial charge in [0.1, 0.15) is 24.9 Å². The first-order valence-electron chi connectivity index (χ1n) is 11.7. The van der Waals surface area contributed by atoms with E-state index in [9.17, 15) is 38.8 Å². The lowest BCUT2D eigenvalue weighted by Crippen LogP contribution is -2.50. The van der Waals surface area contributed by atoms with E-state index < -0.39 is 91.9 Å². The fourth-order valence-corrected chi connectivity index (χ4v) is 3.88. The molecular formula is C22H31F2N4O12P. The molecule has 1 aromatic heterocycles. The number of anilines is 1. The van der Waals surface area contributed by atoms with E-state index >= 15 is 4.39 Å². The second-order valence-electron chi connectivity index (χ2n) is 10.8. The quantitative estimate of drug-likeness (QED) is 0.188. The summed E-state index contributed by atoms with van der Waals surface area (Å²) in [6.07, 6.45) is -4.95. The summed E-state index contributed by atoms with van der Waals surface area (Å²) in [5.41, 5.74) is -1.38. The van der Waals surface area contributed by atoms with Crippen LogP contribution in [-0.4, -0.2) is 70.0 Å². The number of esters is 2. The molecule has 16 nitrogen and oxygen atoms in total. The maximum absolute atomic E-state index is 15.8. The molecule has 230 valence electrons. The van der Waals surface area contributed by atoms with E-state index in [1.165, 1.54) is 47.6 Å². The van der Waals surface area contributed by atoms with Gasteiger partial charge in [0.15, 0.2) is 11.6 Å². The van der Waals surface area contributed by atoms with Crippen molar-refractivity contribution in [1.82, 2.24) is 9.55 Å². The lowest BCUT2D eigenvalue weighted by atomic mass is 9.98. The van der Waals surface area contributed by atoms with Gasteiger partial charge in [-0.25, -0.2) is 27.2 Å². The van der Waals surface area contributed by atoms with Gasteiger partial charge in [-0.1, -0.05) is 0 Å². The lowest BCUT2D eigenvalue weighted by Gasteiger charge is -2.28. The van der Waals surface area contributed by atoms with Crippen LogP contribution in [0.25, 0.3) is 0 Å². The molecule has 2 rings (SSSR count). The van der Waals surface area contributed by atoms with Crippen molar-refractivity contribution in [3.63, 3.8) is 0 Å². The number of carbonyl (C=O) groups is 2. The summed E-state index contributed by atoms with van der Waals surface area (Å²) in [6.45, 7) is 5.27. The molecule has 0 saturated carbocycles. The van der Waals surface area contributed by atoms with Crippen molar-refractivity contribution in [2.75, 3.05) is 25.9 Å². The largest absolute Gasteiger partial charge is 0.480 e. The van der Waals surface area contributed by atoms with Gasteiger partial charge < -0.3 is 25.4 Å². The smallest absolute Gasteiger partial charge is 0.437 e. The van der Waals surface area contributed by atoms with Crippen molar-refractivity contribution in [3.8, 4) is 6.07 Å². The van der Waals surface area contributed by atoms with Crippen LogP contribution < -0.4 is 11.4 Å². The zero-order valence-electron chi connectivity index (χ0n) is 23.0. The topological polar surface area (TPSA) is 232 Å². The summed E-state index contributed by atoms with van der Waals surface area (Å²) in [7, 11) is -5.03. The standard InChI is InChI=1S/C22H31F2N4O12P/c1-19(2,3)16(31)35-10-38-41(34,39-11-36-17(32)20(4,5)6)37-9-21(24)13(29)14(30)22(8-25,40-21)28-7-12(23)15(26)27-18(28)33/h7,13-14,29-30H,9-11H2,1-6H3,(H2,26,27,33)/t13-,14+,21+,22+/m0/s1. The number of ether oxygens (including phenoxy) is 3. The Hall–Kier alpha value is -3.04. The highest BCUT2D eigenvalue weighted by molar-refractivity contribution is 7.48. The maximum atomic E-state index is 15.8. The van der Waals surface area contributed by atoms with Crippen molar-refractivity contribution in [2.45, 2.75) is 65.3 Å². The number of nitrogens with zero attached hydrogens (tertiary/aromatic N) is 3. The third-order valence-corrected chi connectivity index (χ3v) is 6.63. The first-order chi connectivity index (χ1) is 18.6. The van der Waals surface area contributed by atoms with Crippen molar-refractivity contribution >= 4 is 25.6 Å². The average Bonchev–Trinajstić information content (AvgIpc) is 3.05. The molecule has 0 amide bonds. The number of rotatable bonds is 10. The Kier molecular flexibility index (Phi) is 10.0. The highest BCUT2D eigenvalue weighted by atomic mass is 31.2. The molecule has 1 fully saturated rings. The molecule has 4 N–H and O–H groups in total. The van der Waals surface area contributed by atoms with Gasteiger partial charge in [0.25, 0.3) is 11.6 Å². The van der Waals surface area contributed by atoms with Gasteiger partial charge >= 0.3 is 25.5 Å². The van der Waals surface area contributed by atoms with E-state index in [0.717, 1.165) is 0 Å². The summed E-state index contributed by atoms with van der Waals surface area (Å²) in [4.78, 5) is 39.4. The van der Waals surface area contributed by atoms with Gasteiger partial charge in [0.2, 0.25) is 13.6 Å². The minimum Gasteiger partial charge on any atom is -0.437 e. The number of aromatic nitrogens is 2. The molecule has 1 saturated heterocycles. The Balaban J connectivity index is 2.30. The minimum absolute atomic E-state index is 0.0540. The predicted molar refractivity (Wildman–Crippen MR) is 130 cm³/mol. The fraction of sp³-hybridized carbons (Fsp3) is 0.682. The van der Waals surface area contributed by atoms with Gasteiger partial charge in [-0.2, -0.15) is 10.2 Å². The summed E-state index contributed by atoms with van der Waals surface area (Å²) in [5, 5.41) is 30.6. The van der Waals surface area contributed by atoms with Crippen LogP contribution in [0.1, 0.15) is 41.5 Å². The first-order valence-corrected chi connectivity index (χ1v) is 13.2. The zero-order chi connectivity index (χ0) is 31.6. The molecule has 1 aromatic rings. The minimum atomic E-state index is -5.03. The van der Waals surface area contributed by atoms with Gasteiger partial charge in [0.05, 0.1) is 17.0 Å². The number of nitrogens with two attached hydrogens (primary N) is 1. The monoisotopic (exact) mass is 612 g/mol. The molecule has 0 bridgehead atoms. The van der Waals surface area contributed by atoms with Crippen molar-refractivity contribution in [3.05, 3.63) is 22.5 Å². The number of alkyl halides is 1. The van der Waals surface area contributed by atoms with Crippen molar-refractivity contribution in [2.24, 2.45) is 10.8 Å². The Morgan fingerprint density at radius 1 is 1.12 bits per heavy atom. The molecule has 0 unspecified atom stereocenters. The normalized spacial score (nSPS) is 25.0. The van der Waals surface area contributed by atoms with Crippen LogP contribution in [-0.2, 0) is 47.7 Å². The van der Waals surface area contributed by atoms with Crippen LogP contribution in [0.3, 0.4) is 0 Å². The molecule has 0 spiro atoms. The number of nitriles is 1. The van der Waals surface area contributed by atoms with Crippen LogP contribution in [0.5, 0.6) is 0 Å². The second kappa shape index (κ2) is 12.1. The second-order valence-corrected chi connectivity index (χ2v) is 12.5. The van der Waals surface area contributed by atoms with E-state index in [4.69, 9.17) is 33.5 Å². The summed E-state index contributed by atoms with van der Waals surface area (Å²) in [5.74, 6) is -7.47. The molecule has 0 aliphatic carbocycles. The molecule has 0 radical (unpaired) electrons. The summed E-state index contributed by atoms with van der Waals surface area (Å²) in [6, 6.07) is 1.28. The van der Waals surface area contributed by atoms with Crippen LogP contribution >= 0.6 is 7.82 Å². The highest BCUT2D eigenvalue weighted by Crippen LogP contribution is 2.52. The number of hydrogen-bond acceptors (Lipinski definition) is 15. The number of halogens is 2. The molecule has 4 atom stereocenters. The third kappa shape index (κ3) is 7.63. The molecule has 41 heavy (non-hydrogen) atoms. The Bertz CT molecular complexity index is 1270. The molecule has 19 heteroatoms. The number of aliphatic hydroxyl groups is 2. The van der Waals surface area contributed by atoms with Gasteiger partial charge in [0, 0.05) is 0 Å². The van der Waals surface area contributed by atoms with E-state index in [-0.39, 0.29) is 4.57 Å². The maximum Gasteiger partial charge on any atom is 0.480 e. The number of phosphoric acid groups is 1. The van der Waals surface area contributed by atoms with Crippen LogP contribution in [0, 0.1) is 28.0 Å². The Morgan fingerprint density at radius 3 is 2.05 bits per heavy atom. The van der Waals surface area contributed by atoms with E-state index in [0.29, 0.717) is 6.20 Å². The van der Waals surface area contributed by atoms with Crippen LogP contribution in [0.15, 0.2) is 11.0 Å². The first kappa shape index (κ1) is 34.2. The SMILES string of the molecule is CC(C)(C)C(=O)OCOP(=O)(OCOC(=O)C(C)(C)C)OC[C@@]1(F)O[C@@](C#N)(n2cc(F)c(N)nc2=O)[C@H](O)[C@@H]1O. The number of hydrogen-bond donors (Lipinski definition) is 3. The van der Waals surface area contributed by atoms with E-state index in [1.807, 2.05) is 0 Å². The predicted octanol–water partition coefficient (Wildman–Crippen LogP) is 0.810. The molecule has 1 aliphatic rings. The molecule has 0 aromatic carbocycles. The lowest BCUT2D eigenvalue weighted by molar-refractivity contribution is -0.227. The summed E-state index contributed by atoms with van der Waals surface area (Å²) < 4.78 is 72.2. The number of carbonyl (C=O) groups excluding carboxylic acids is 2. The van der Waals surface area contributed by atoms with Crippen molar-refractivity contribution in [1.29, 1.82) is 5.26 Å². The Labute approximate surface area is 232 Å². The molecular weight excluding hydrogens is 581 g/mol. The fourth-order valence-electron chi connectivity index (χ4n) is 2.96. The van der Waals surface area contributed by atoms with Crippen molar-refractivity contribution < 1.29 is 60.9 Å². The third-order valence-electron chi connectivity index (χ3n) is 5.34. The van der Waals surface area contributed by atoms with E-state index in [2.05, 4.69) is 4.98 Å². The van der Waals surface area contributed by atoms with Gasteiger partial charge in [-0.3, -0.25) is 23.4 Å². The summed E-state index contributed by atoms with van der Waals surface area (Å²) >= 11 is 0. The van der Waals surface area contributed by atoms with Crippen LogP contribution in [0.4, 0.5) is 14.6 Å². The van der Waals surface area contributed by atoms with Crippen LogP contribution in [0.2, 0.25) is 0 Å². The number of nitrogen functional groups attached to an aromatic ring is 1. The molecule has 1 aliphatic heterocycles. The van der Waals surface area contributed by atoms with Gasteiger partial charge in [-0.05, 0) is 41.5 Å². The number of aliphatic hydroxyl groups excluding tert-OH is 2. The van der Waals surface area contributed by atoms with E-state index in [1.54, 1.807) is 0 Å². The highest BCUT2D eigenvalue weighted by Gasteiger charge is 2.66. The average molecular weight is 612 g/mol.